The SMILES string of the molecule is Cc1c(C(=O)N[C@@H](CC(C)(C)C)C(=O)N[C@H](C#N)C[C@@H]2CCNC2=O)sc2ncc(C(F)(F)F)n12. The van der Waals surface area contributed by atoms with Gasteiger partial charge in [0.2, 0.25) is 11.8 Å². The molecule has 3 amide bonds. The van der Waals surface area contributed by atoms with Gasteiger partial charge in [0.1, 0.15) is 22.7 Å². The van der Waals surface area contributed by atoms with E-state index in [2.05, 4.69) is 20.9 Å². The number of aryl methyl sites for hydroxylation is 1. The van der Waals surface area contributed by atoms with E-state index in [4.69, 9.17) is 0 Å². The summed E-state index contributed by atoms with van der Waals surface area (Å²) in [6, 6.07) is 0.00325. The van der Waals surface area contributed by atoms with Crippen LogP contribution in [0, 0.1) is 29.6 Å². The maximum absolute atomic E-state index is 13.3. The number of hydrogen-bond donors (Lipinski definition) is 3. The highest BCUT2D eigenvalue weighted by molar-refractivity contribution is 7.19. The van der Waals surface area contributed by atoms with Gasteiger partial charge in [-0.15, -0.1) is 0 Å². The van der Waals surface area contributed by atoms with Crippen LogP contribution in [0.2, 0.25) is 0 Å². The van der Waals surface area contributed by atoms with E-state index in [-0.39, 0.29) is 40.2 Å². The average Bonchev–Trinajstić information content (AvgIpc) is 3.42. The Morgan fingerprint density at radius 1 is 1.34 bits per heavy atom. The summed E-state index contributed by atoms with van der Waals surface area (Å²) in [5.74, 6) is -1.87. The molecule has 2 aromatic rings. The van der Waals surface area contributed by atoms with Gasteiger partial charge in [-0.25, -0.2) is 4.98 Å². The lowest BCUT2D eigenvalue weighted by Crippen LogP contribution is -2.51. The van der Waals surface area contributed by atoms with Crippen molar-refractivity contribution in [1.82, 2.24) is 25.3 Å². The Morgan fingerprint density at radius 2 is 2.03 bits per heavy atom. The molecule has 190 valence electrons. The van der Waals surface area contributed by atoms with Crippen LogP contribution in [0.4, 0.5) is 13.2 Å². The zero-order valence-corrected chi connectivity index (χ0v) is 20.6. The van der Waals surface area contributed by atoms with Crippen molar-refractivity contribution in [1.29, 1.82) is 5.26 Å². The number of amides is 3. The third-order valence-electron chi connectivity index (χ3n) is 5.68. The monoisotopic (exact) mass is 512 g/mol. The zero-order chi connectivity index (χ0) is 26.1. The molecule has 3 N–H and O–H groups in total. The number of aromatic nitrogens is 2. The summed E-state index contributed by atoms with van der Waals surface area (Å²) in [6.07, 6.45) is -3.01. The Kier molecular flexibility index (Phi) is 7.45. The quantitative estimate of drug-likeness (QED) is 0.526. The van der Waals surface area contributed by atoms with Gasteiger partial charge in [-0.1, -0.05) is 32.1 Å². The molecular formula is C22H27F3N6O3S. The molecule has 1 saturated heterocycles. The number of carbonyl (C=O) groups excluding carboxylic acids is 3. The molecule has 1 aliphatic heterocycles. The van der Waals surface area contributed by atoms with Crippen molar-refractivity contribution in [3.8, 4) is 6.07 Å². The van der Waals surface area contributed by atoms with Gasteiger partial charge in [-0.3, -0.25) is 18.8 Å². The molecule has 1 fully saturated rings. The number of rotatable bonds is 7. The second-order valence-corrected chi connectivity index (χ2v) is 10.7. The summed E-state index contributed by atoms with van der Waals surface area (Å²) < 4.78 is 40.8. The predicted octanol–water partition coefficient (Wildman–Crippen LogP) is 2.79. The summed E-state index contributed by atoms with van der Waals surface area (Å²) >= 11 is 0.792. The Hall–Kier alpha value is -3.14. The minimum absolute atomic E-state index is 0.00442. The van der Waals surface area contributed by atoms with Crippen molar-refractivity contribution in [2.75, 3.05) is 6.54 Å². The summed E-state index contributed by atoms with van der Waals surface area (Å²) in [6.45, 7) is 7.49. The minimum atomic E-state index is -4.64. The fourth-order valence-corrected chi connectivity index (χ4v) is 5.03. The zero-order valence-electron chi connectivity index (χ0n) is 19.7. The van der Waals surface area contributed by atoms with E-state index >= 15 is 0 Å². The highest BCUT2D eigenvalue weighted by Crippen LogP contribution is 2.34. The highest BCUT2D eigenvalue weighted by atomic mass is 32.1. The van der Waals surface area contributed by atoms with Gasteiger partial charge >= 0.3 is 6.18 Å². The molecule has 35 heavy (non-hydrogen) atoms. The van der Waals surface area contributed by atoms with Crippen molar-refractivity contribution in [2.24, 2.45) is 11.3 Å². The molecule has 3 heterocycles. The summed E-state index contributed by atoms with van der Waals surface area (Å²) in [5.41, 5.74) is -1.33. The van der Waals surface area contributed by atoms with Gasteiger partial charge in [0, 0.05) is 18.2 Å². The van der Waals surface area contributed by atoms with Crippen LogP contribution in [0.1, 0.15) is 61.1 Å². The molecule has 0 spiro atoms. The molecule has 9 nitrogen and oxygen atoms in total. The van der Waals surface area contributed by atoms with Crippen molar-refractivity contribution in [2.45, 2.75) is 65.2 Å². The number of halogens is 3. The largest absolute Gasteiger partial charge is 0.433 e. The van der Waals surface area contributed by atoms with Crippen LogP contribution in [0.5, 0.6) is 0 Å². The predicted molar refractivity (Wildman–Crippen MR) is 121 cm³/mol. The first kappa shape index (κ1) is 26.5. The van der Waals surface area contributed by atoms with Crippen LogP contribution in [-0.2, 0) is 15.8 Å². The highest BCUT2D eigenvalue weighted by Gasteiger charge is 2.37. The third kappa shape index (κ3) is 6.11. The molecule has 0 aliphatic carbocycles. The van der Waals surface area contributed by atoms with E-state index in [0.717, 1.165) is 15.7 Å². The topological polar surface area (TPSA) is 128 Å². The van der Waals surface area contributed by atoms with Crippen molar-refractivity contribution in [3.05, 3.63) is 22.5 Å². The van der Waals surface area contributed by atoms with Gasteiger partial charge in [-0.05, 0) is 31.6 Å². The molecule has 1 aliphatic rings. The van der Waals surface area contributed by atoms with E-state index in [1.165, 1.54) is 6.92 Å². The number of thiazole rings is 1. The fourth-order valence-electron chi connectivity index (χ4n) is 4.02. The number of imidazole rings is 1. The number of carbonyl (C=O) groups is 3. The maximum Gasteiger partial charge on any atom is 0.433 e. The molecule has 0 unspecified atom stereocenters. The van der Waals surface area contributed by atoms with Gasteiger partial charge < -0.3 is 16.0 Å². The van der Waals surface area contributed by atoms with Crippen LogP contribution in [-0.4, -0.2) is 45.7 Å². The van der Waals surface area contributed by atoms with E-state index in [0.29, 0.717) is 19.2 Å². The number of nitriles is 1. The standard InChI is InChI=1S/C22H27F3N6O3S/c1-11-16(35-20-28-10-15(31(11)20)22(23,24)25)19(34)30-14(8-21(2,3)4)18(33)29-13(9-26)7-12-5-6-27-17(12)32/h10,12-14H,5-8H2,1-4H3,(H,27,32)(H,29,33)(H,30,34)/t12-,13-,14-/m0/s1. The van der Waals surface area contributed by atoms with Gasteiger partial charge in [0.25, 0.3) is 5.91 Å². The molecule has 3 atom stereocenters. The molecule has 13 heteroatoms. The van der Waals surface area contributed by atoms with Crippen molar-refractivity contribution >= 4 is 34.0 Å². The first-order valence-corrected chi connectivity index (χ1v) is 11.9. The third-order valence-corrected chi connectivity index (χ3v) is 6.83. The van der Waals surface area contributed by atoms with Gasteiger partial charge in [0.15, 0.2) is 4.96 Å². The number of alkyl halides is 3. The number of hydrogen-bond acceptors (Lipinski definition) is 6. The molecule has 0 radical (unpaired) electrons. The molecule has 0 aromatic carbocycles. The molecule has 0 bridgehead atoms. The Bertz CT molecular complexity index is 1170. The summed E-state index contributed by atoms with van der Waals surface area (Å²) in [7, 11) is 0. The second-order valence-electron chi connectivity index (χ2n) is 9.77. The normalized spacial score (nSPS) is 18.1. The molecular weight excluding hydrogens is 485 g/mol. The first-order valence-electron chi connectivity index (χ1n) is 11.0. The molecule has 3 rings (SSSR count). The van der Waals surface area contributed by atoms with Crippen molar-refractivity contribution < 1.29 is 27.6 Å². The fraction of sp³-hybridized carbons (Fsp3) is 0.591. The van der Waals surface area contributed by atoms with E-state index in [1.807, 2.05) is 26.8 Å². The lowest BCUT2D eigenvalue weighted by molar-refractivity contribution is -0.141. The summed E-state index contributed by atoms with van der Waals surface area (Å²) in [5, 5.41) is 17.4. The summed E-state index contributed by atoms with van der Waals surface area (Å²) in [4.78, 5) is 41.7. The Morgan fingerprint density at radius 3 is 2.57 bits per heavy atom. The van der Waals surface area contributed by atoms with Crippen LogP contribution < -0.4 is 16.0 Å². The number of fused-ring (bicyclic) bond motifs is 1. The Balaban J connectivity index is 1.80. The van der Waals surface area contributed by atoms with Gasteiger partial charge in [-0.2, -0.15) is 18.4 Å². The lowest BCUT2D eigenvalue weighted by atomic mass is 9.87. The van der Waals surface area contributed by atoms with Crippen LogP contribution in [0.25, 0.3) is 4.96 Å². The van der Waals surface area contributed by atoms with Crippen LogP contribution in [0.15, 0.2) is 6.20 Å². The second kappa shape index (κ2) is 9.85. The lowest BCUT2D eigenvalue weighted by Gasteiger charge is -2.27. The van der Waals surface area contributed by atoms with Crippen LogP contribution in [0.3, 0.4) is 0 Å². The van der Waals surface area contributed by atoms with E-state index in [9.17, 15) is 32.8 Å². The smallest absolute Gasteiger partial charge is 0.356 e. The average molecular weight is 513 g/mol. The van der Waals surface area contributed by atoms with Crippen molar-refractivity contribution in [3.63, 3.8) is 0 Å². The minimum Gasteiger partial charge on any atom is -0.356 e. The van der Waals surface area contributed by atoms with Crippen LogP contribution >= 0.6 is 11.3 Å². The van der Waals surface area contributed by atoms with Gasteiger partial charge in [0.05, 0.1) is 12.3 Å². The molecule has 0 saturated carbocycles. The molecule has 2 aromatic heterocycles. The maximum atomic E-state index is 13.3. The van der Waals surface area contributed by atoms with E-state index < -0.39 is 41.2 Å². The Labute approximate surface area is 204 Å². The van der Waals surface area contributed by atoms with E-state index in [1.54, 1.807) is 0 Å². The number of nitrogens with zero attached hydrogens (tertiary/aromatic N) is 3. The first-order chi connectivity index (χ1) is 16.2. The number of nitrogens with one attached hydrogen (secondary N) is 3.